The Morgan fingerprint density at radius 1 is 1.08 bits per heavy atom. The first-order valence-electron chi connectivity index (χ1n) is 7.06. The molecule has 0 saturated heterocycles. The van der Waals surface area contributed by atoms with E-state index >= 15 is 0 Å². The van der Waals surface area contributed by atoms with Gasteiger partial charge in [0.15, 0.2) is 11.4 Å². The molecule has 1 heterocycles. The van der Waals surface area contributed by atoms with Gasteiger partial charge in [-0.1, -0.05) is 24.3 Å². The van der Waals surface area contributed by atoms with Crippen LogP contribution in [0.15, 0.2) is 57.7 Å². The maximum Gasteiger partial charge on any atom is 0.364 e. The summed E-state index contributed by atoms with van der Waals surface area (Å²) < 4.78 is 10.2. The summed E-state index contributed by atoms with van der Waals surface area (Å²) in [5, 5.41) is 15.4. The summed E-state index contributed by atoms with van der Waals surface area (Å²) >= 11 is 0. The number of amides is 2. The fourth-order valence-corrected chi connectivity index (χ4v) is 2.26. The van der Waals surface area contributed by atoms with Crippen LogP contribution in [-0.2, 0) is 0 Å². The molecule has 0 aliphatic rings. The molecule has 0 unspecified atom stereocenters. The topological polar surface area (TPSA) is 101 Å². The zero-order chi connectivity index (χ0) is 17.1. The lowest BCUT2D eigenvalue weighted by molar-refractivity contribution is 0.261. The standard InChI is InChI=1S/C17H14N2O5/c1-23-13-9-5-3-7-11(13)18-17(22)19-14-15(20)10-6-2-4-8-12(10)24-16(14)21/h2-9,20H,1H3,(H2,18,19,22). The normalized spacial score (nSPS) is 10.4. The van der Waals surface area contributed by atoms with Gasteiger partial charge in [0, 0.05) is 0 Å². The third-order valence-corrected chi connectivity index (χ3v) is 3.38. The van der Waals surface area contributed by atoms with E-state index in [0.717, 1.165) is 0 Å². The quantitative estimate of drug-likeness (QED) is 0.642. The molecule has 3 aromatic rings. The molecule has 2 aromatic carbocycles. The van der Waals surface area contributed by atoms with Crippen LogP contribution < -0.4 is 21.0 Å². The van der Waals surface area contributed by atoms with Crippen molar-refractivity contribution in [1.29, 1.82) is 0 Å². The first kappa shape index (κ1) is 15.4. The van der Waals surface area contributed by atoms with E-state index in [1.807, 2.05) is 0 Å². The number of anilines is 2. The van der Waals surface area contributed by atoms with Crippen LogP contribution in [0.2, 0.25) is 0 Å². The van der Waals surface area contributed by atoms with Crippen molar-refractivity contribution in [3.05, 3.63) is 59.0 Å². The number of hydrogen-bond acceptors (Lipinski definition) is 5. The lowest BCUT2D eigenvalue weighted by atomic mass is 10.2. The fourth-order valence-electron chi connectivity index (χ4n) is 2.26. The molecular formula is C17H14N2O5. The second kappa shape index (κ2) is 6.33. The largest absolute Gasteiger partial charge is 0.505 e. The molecular weight excluding hydrogens is 312 g/mol. The number of rotatable bonds is 3. The van der Waals surface area contributed by atoms with Gasteiger partial charge in [-0.3, -0.25) is 5.32 Å². The molecule has 3 N–H and O–H groups in total. The maximum atomic E-state index is 12.1. The van der Waals surface area contributed by atoms with Gasteiger partial charge in [0.25, 0.3) is 0 Å². The smallest absolute Gasteiger partial charge is 0.364 e. The lowest BCUT2D eigenvalue weighted by Crippen LogP contribution is -2.23. The van der Waals surface area contributed by atoms with Crippen LogP contribution in [0.1, 0.15) is 0 Å². The Labute approximate surface area is 136 Å². The maximum absolute atomic E-state index is 12.1. The molecule has 0 spiro atoms. The number of nitrogens with one attached hydrogen (secondary N) is 2. The van der Waals surface area contributed by atoms with Crippen LogP contribution in [0.25, 0.3) is 11.0 Å². The summed E-state index contributed by atoms with van der Waals surface area (Å²) in [5.41, 5.74) is -0.527. The van der Waals surface area contributed by atoms with E-state index in [-0.39, 0.29) is 17.0 Å². The van der Waals surface area contributed by atoms with Crippen molar-refractivity contribution in [2.75, 3.05) is 17.7 Å². The number of carbonyl (C=O) groups excluding carboxylic acids is 1. The Balaban J connectivity index is 1.90. The summed E-state index contributed by atoms with van der Waals surface area (Å²) in [6, 6.07) is 12.6. The molecule has 0 fully saturated rings. The van der Waals surface area contributed by atoms with Gasteiger partial charge < -0.3 is 19.6 Å². The zero-order valence-electron chi connectivity index (χ0n) is 12.7. The summed E-state index contributed by atoms with van der Waals surface area (Å²) in [4.78, 5) is 24.1. The van der Waals surface area contributed by atoms with Crippen molar-refractivity contribution in [3.63, 3.8) is 0 Å². The average molecular weight is 326 g/mol. The third kappa shape index (κ3) is 2.87. The van der Waals surface area contributed by atoms with Gasteiger partial charge in [0.1, 0.15) is 11.3 Å². The second-order valence-corrected chi connectivity index (χ2v) is 4.89. The number of urea groups is 1. The fraction of sp³-hybridized carbons (Fsp3) is 0.0588. The second-order valence-electron chi connectivity index (χ2n) is 4.89. The van der Waals surface area contributed by atoms with E-state index in [0.29, 0.717) is 16.8 Å². The van der Waals surface area contributed by atoms with Crippen LogP contribution in [0.4, 0.5) is 16.2 Å². The van der Waals surface area contributed by atoms with Crippen molar-refractivity contribution in [3.8, 4) is 11.5 Å². The SMILES string of the molecule is COc1ccccc1NC(=O)Nc1c(O)c2ccccc2oc1=O. The number of ether oxygens (including phenoxy) is 1. The van der Waals surface area contributed by atoms with Crippen LogP contribution in [-0.4, -0.2) is 18.2 Å². The van der Waals surface area contributed by atoms with Crippen molar-refractivity contribution in [1.82, 2.24) is 0 Å². The highest BCUT2D eigenvalue weighted by Gasteiger charge is 2.16. The summed E-state index contributed by atoms with van der Waals surface area (Å²) in [6.07, 6.45) is 0. The number of fused-ring (bicyclic) bond motifs is 1. The molecule has 24 heavy (non-hydrogen) atoms. The molecule has 0 aliphatic heterocycles. The minimum absolute atomic E-state index is 0.232. The van der Waals surface area contributed by atoms with Crippen molar-refractivity contribution in [2.24, 2.45) is 0 Å². The number of hydrogen-bond donors (Lipinski definition) is 3. The number of methoxy groups -OCH3 is 1. The van der Waals surface area contributed by atoms with E-state index in [2.05, 4.69) is 10.6 Å². The molecule has 2 amide bonds. The molecule has 1 aromatic heterocycles. The molecule has 3 rings (SSSR count). The third-order valence-electron chi connectivity index (χ3n) is 3.38. The van der Waals surface area contributed by atoms with Gasteiger partial charge >= 0.3 is 11.7 Å². The van der Waals surface area contributed by atoms with Gasteiger partial charge in [0.05, 0.1) is 18.2 Å². The van der Waals surface area contributed by atoms with E-state index in [4.69, 9.17) is 9.15 Å². The predicted molar refractivity (Wildman–Crippen MR) is 89.8 cm³/mol. The minimum Gasteiger partial charge on any atom is -0.505 e. The Hall–Kier alpha value is -3.48. The van der Waals surface area contributed by atoms with Crippen molar-refractivity contribution < 1.29 is 19.1 Å². The van der Waals surface area contributed by atoms with Gasteiger partial charge in [0.2, 0.25) is 0 Å². The van der Waals surface area contributed by atoms with Gasteiger partial charge in [-0.2, -0.15) is 0 Å². The van der Waals surface area contributed by atoms with Crippen LogP contribution in [0.5, 0.6) is 11.5 Å². The molecule has 0 saturated carbocycles. The molecule has 0 radical (unpaired) electrons. The molecule has 7 nitrogen and oxygen atoms in total. The van der Waals surface area contributed by atoms with E-state index in [1.165, 1.54) is 7.11 Å². The summed E-state index contributed by atoms with van der Waals surface area (Å²) in [6.45, 7) is 0. The highest BCUT2D eigenvalue weighted by atomic mass is 16.5. The van der Waals surface area contributed by atoms with Gasteiger partial charge in [-0.15, -0.1) is 0 Å². The number of carbonyl (C=O) groups is 1. The molecule has 0 atom stereocenters. The van der Waals surface area contributed by atoms with Crippen LogP contribution >= 0.6 is 0 Å². The Morgan fingerprint density at radius 2 is 1.79 bits per heavy atom. The van der Waals surface area contributed by atoms with Crippen molar-refractivity contribution in [2.45, 2.75) is 0 Å². The van der Waals surface area contributed by atoms with Crippen molar-refractivity contribution >= 4 is 28.4 Å². The Kier molecular flexibility index (Phi) is 4.07. The van der Waals surface area contributed by atoms with E-state index < -0.39 is 11.7 Å². The van der Waals surface area contributed by atoms with Crippen LogP contribution in [0.3, 0.4) is 0 Å². The van der Waals surface area contributed by atoms with Gasteiger partial charge in [-0.25, -0.2) is 9.59 Å². The van der Waals surface area contributed by atoms with Gasteiger partial charge in [-0.05, 0) is 24.3 Å². The number of aromatic hydroxyl groups is 1. The minimum atomic E-state index is -0.846. The highest BCUT2D eigenvalue weighted by Crippen LogP contribution is 2.29. The first-order chi connectivity index (χ1) is 11.6. The Morgan fingerprint density at radius 3 is 2.58 bits per heavy atom. The monoisotopic (exact) mass is 326 g/mol. The van der Waals surface area contributed by atoms with E-state index in [9.17, 15) is 14.7 Å². The predicted octanol–water partition coefficient (Wildman–Crippen LogP) is 3.15. The van der Waals surface area contributed by atoms with E-state index in [1.54, 1.807) is 48.5 Å². The molecule has 7 heteroatoms. The lowest BCUT2D eigenvalue weighted by Gasteiger charge is -2.11. The molecule has 0 aliphatic carbocycles. The molecule has 0 bridgehead atoms. The zero-order valence-corrected chi connectivity index (χ0v) is 12.7. The molecule has 122 valence electrons. The van der Waals surface area contributed by atoms with Crippen LogP contribution in [0, 0.1) is 0 Å². The Bertz CT molecular complexity index is 965. The highest BCUT2D eigenvalue weighted by molar-refractivity contribution is 6.03. The average Bonchev–Trinajstić information content (AvgIpc) is 2.59. The number of benzene rings is 2. The summed E-state index contributed by atoms with van der Waals surface area (Å²) in [7, 11) is 1.47. The number of para-hydroxylation sites is 3. The first-order valence-corrected chi connectivity index (χ1v) is 7.06. The summed E-state index contributed by atoms with van der Waals surface area (Å²) in [5.74, 6) is 0.111.